The van der Waals surface area contributed by atoms with E-state index in [4.69, 9.17) is 15.2 Å². The summed E-state index contributed by atoms with van der Waals surface area (Å²) in [6.45, 7) is 1.73. The zero-order valence-corrected chi connectivity index (χ0v) is 19.4. The lowest BCUT2D eigenvalue weighted by Crippen LogP contribution is -2.12. The van der Waals surface area contributed by atoms with E-state index in [1.165, 1.54) is 6.08 Å². The van der Waals surface area contributed by atoms with Crippen LogP contribution >= 0.6 is 0 Å². The van der Waals surface area contributed by atoms with Gasteiger partial charge in [0, 0.05) is 42.7 Å². The number of hydrogen-bond acceptors (Lipinski definition) is 7. The molecule has 0 radical (unpaired) electrons. The Labute approximate surface area is 203 Å². The molecule has 180 valence electrons. The van der Waals surface area contributed by atoms with Crippen LogP contribution in [0.2, 0.25) is 0 Å². The van der Waals surface area contributed by atoms with Gasteiger partial charge in [-0.25, -0.2) is 4.79 Å². The Morgan fingerprint density at radius 1 is 1.03 bits per heavy atom. The first-order chi connectivity index (χ1) is 17.0. The van der Waals surface area contributed by atoms with Crippen LogP contribution in [0.1, 0.15) is 41.3 Å². The number of benzene rings is 2. The van der Waals surface area contributed by atoms with Gasteiger partial charge in [-0.05, 0) is 65.1 Å². The fourth-order valence-electron chi connectivity index (χ4n) is 3.25. The fraction of sp³-hybridized carbons (Fsp3) is 0.185. The Morgan fingerprint density at radius 3 is 2.57 bits per heavy atom. The molecule has 0 spiro atoms. The zero-order valence-electron chi connectivity index (χ0n) is 19.4. The number of nitrogens with one attached hydrogen (secondary N) is 1. The van der Waals surface area contributed by atoms with E-state index in [1.54, 1.807) is 42.7 Å². The molecule has 0 unspecified atom stereocenters. The lowest BCUT2D eigenvalue weighted by Gasteiger charge is -2.12. The van der Waals surface area contributed by atoms with Gasteiger partial charge in [0.15, 0.2) is 0 Å². The molecule has 1 aromatic heterocycles. The number of aromatic nitrogens is 1. The number of ether oxygens (including phenoxy) is 2. The molecular formula is C27H27N3O5. The van der Waals surface area contributed by atoms with Gasteiger partial charge in [0.25, 0.3) is 5.91 Å². The first-order valence-electron chi connectivity index (χ1n) is 11.2. The molecule has 0 aliphatic carbocycles. The van der Waals surface area contributed by atoms with Crippen LogP contribution < -0.4 is 11.1 Å². The minimum absolute atomic E-state index is 0.251. The van der Waals surface area contributed by atoms with E-state index in [0.717, 1.165) is 22.3 Å². The molecule has 1 amide bonds. The van der Waals surface area contributed by atoms with Crippen LogP contribution in [-0.2, 0) is 25.6 Å². The number of nitrogens with zero attached hydrogens (tertiary/aromatic N) is 1. The van der Waals surface area contributed by atoms with Gasteiger partial charge in [-0.15, -0.1) is 0 Å². The highest BCUT2D eigenvalue weighted by Crippen LogP contribution is 2.27. The van der Waals surface area contributed by atoms with Crippen LogP contribution in [0, 0.1) is 0 Å². The summed E-state index contributed by atoms with van der Waals surface area (Å²) in [7, 11) is 0. The average Bonchev–Trinajstić information content (AvgIpc) is 2.88. The second-order valence-electron chi connectivity index (χ2n) is 7.57. The third-order valence-electron chi connectivity index (χ3n) is 5.01. The molecule has 0 saturated carbocycles. The number of esters is 2. The number of anilines is 1. The Balaban J connectivity index is 1.73. The van der Waals surface area contributed by atoms with Gasteiger partial charge in [-0.2, -0.15) is 0 Å². The maximum Gasteiger partial charge on any atom is 0.333 e. The van der Waals surface area contributed by atoms with Crippen LogP contribution in [0.5, 0.6) is 0 Å². The van der Waals surface area contributed by atoms with Gasteiger partial charge in [0.2, 0.25) is 6.79 Å². The van der Waals surface area contributed by atoms with Crippen molar-refractivity contribution in [1.29, 1.82) is 0 Å². The second kappa shape index (κ2) is 12.8. The van der Waals surface area contributed by atoms with Crippen molar-refractivity contribution in [2.75, 3.05) is 12.1 Å². The van der Waals surface area contributed by atoms with Crippen molar-refractivity contribution in [3.8, 4) is 11.1 Å². The van der Waals surface area contributed by atoms with E-state index < -0.39 is 18.7 Å². The van der Waals surface area contributed by atoms with Gasteiger partial charge in [0.05, 0.1) is 0 Å². The van der Waals surface area contributed by atoms with Crippen molar-refractivity contribution in [3.05, 3.63) is 89.8 Å². The topological polar surface area (TPSA) is 121 Å². The van der Waals surface area contributed by atoms with Gasteiger partial charge >= 0.3 is 11.9 Å². The fourth-order valence-corrected chi connectivity index (χ4v) is 3.25. The smallest absolute Gasteiger partial charge is 0.333 e. The summed E-state index contributed by atoms with van der Waals surface area (Å²) in [6, 6.07) is 16.2. The highest BCUT2D eigenvalue weighted by atomic mass is 16.7. The number of amides is 1. The van der Waals surface area contributed by atoms with Crippen molar-refractivity contribution in [2.24, 2.45) is 5.73 Å². The molecule has 3 N–H and O–H groups in total. The predicted octanol–water partition coefficient (Wildman–Crippen LogP) is 4.32. The minimum Gasteiger partial charge on any atom is -0.428 e. The predicted molar refractivity (Wildman–Crippen MR) is 133 cm³/mol. The van der Waals surface area contributed by atoms with Gasteiger partial charge in [-0.1, -0.05) is 31.2 Å². The van der Waals surface area contributed by atoms with Crippen molar-refractivity contribution < 1.29 is 23.9 Å². The largest absolute Gasteiger partial charge is 0.428 e. The third-order valence-corrected chi connectivity index (χ3v) is 5.01. The maximum atomic E-state index is 12.7. The Bertz CT molecular complexity index is 1210. The van der Waals surface area contributed by atoms with Crippen molar-refractivity contribution in [1.82, 2.24) is 4.98 Å². The molecule has 0 aliphatic heterocycles. The summed E-state index contributed by atoms with van der Waals surface area (Å²) >= 11 is 0. The van der Waals surface area contributed by atoms with Gasteiger partial charge in [0.1, 0.15) is 0 Å². The molecule has 2 aromatic carbocycles. The number of carbonyl (C=O) groups excluding carboxylic acids is 3. The first-order valence-corrected chi connectivity index (χ1v) is 11.2. The van der Waals surface area contributed by atoms with Crippen molar-refractivity contribution >= 4 is 29.6 Å². The lowest BCUT2D eigenvalue weighted by molar-refractivity contribution is -0.163. The zero-order chi connectivity index (χ0) is 25.0. The van der Waals surface area contributed by atoms with Crippen LogP contribution in [0.3, 0.4) is 0 Å². The minimum atomic E-state index is -0.628. The molecule has 8 nitrogen and oxygen atoms in total. The lowest BCUT2D eigenvalue weighted by atomic mass is 9.95. The van der Waals surface area contributed by atoms with Gasteiger partial charge in [-0.3, -0.25) is 14.6 Å². The van der Waals surface area contributed by atoms with Gasteiger partial charge < -0.3 is 20.5 Å². The molecule has 8 heteroatoms. The summed E-state index contributed by atoms with van der Waals surface area (Å²) in [5.41, 5.74) is 10.3. The van der Waals surface area contributed by atoms with E-state index in [1.807, 2.05) is 37.3 Å². The summed E-state index contributed by atoms with van der Waals surface area (Å²) in [6.07, 6.45) is 7.00. The van der Waals surface area contributed by atoms with E-state index in [2.05, 4.69) is 10.3 Å². The van der Waals surface area contributed by atoms with E-state index >= 15 is 0 Å². The number of hydrogen-bond donors (Lipinski definition) is 2. The van der Waals surface area contributed by atoms with E-state index in [-0.39, 0.29) is 12.3 Å². The normalized spacial score (nSPS) is 10.7. The highest BCUT2D eigenvalue weighted by Gasteiger charge is 2.12. The SMILES string of the molecule is CCCC(=O)OCOC(=O)/C=C/c1cccc(-c2cc(C(=O)Nc3ccncc3)ccc2CN)c1. The molecule has 0 aliphatic rings. The molecule has 0 saturated heterocycles. The van der Waals surface area contributed by atoms with Crippen LogP contribution in [0.15, 0.2) is 73.1 Å². The molecule has 0 fully saturated rings. The number of pyridine rings is 1. The van der Waals surface area contributed by atoms with E-state index in [0.29, 0.717) is 24.2 Å². The summed E-state index contributed by atoms with van der Waals surface area (Å²) in [5.74, 6) is -1.29. The molecule has 1 heterocycles. The number of carbonyl (C=O) groups is 3. The Morgan fingerprint density at radius 2 is 1.83 bits per heavy atom. The second-order valence-corrected chi connectivity index (χ2v) is 7.57. The van der Waals surface area contributed by atoms with Crippen LogP contribution in [0.25, 0.3) is 17.2 Å². The molecular weight excluding hydrogens is 446 g/mol. The Hall–Kier alpha value is -4.30. The molecule has 3 aromatic rings. The monoisotopic (exact) mass is 473 g/mol. The summed E-state index contributed by atoms with van der Waals surface area (Å²) in [5, 5.41) is 2.85. The molecule has 3 rings (SSSR count). The summed E-state index contributed by atoms with van der Waals surface area (Å²) in [4.78, 5) is 39.9. The molecule has 35 heavy (non-hydrogen) atoms. The quantitative estimate of drug-likeness (QED) is 0.256. The van der Waals surface area contributed by atoms with Crippen molar-refractivity contribution in [3.63, 3.8) is 0 Å². The maximum absolute atomic E-state index is 12.7. The number of rotatable bonds is 10. The highest BCUT2D eigenvalue weighted by molar-refractivity contribution is 6.05. The average molecular weight is 474 g/mol. The molecule has 0 bridgehead atoms. The Kier molecular flexibility index (Phi) is 9.27. The molecule has 0 atom stereocenters. The standard InChI is InChI=1S/C27H27N3O5/c1-2-4-25(31)34-18-35-26(32)10-7-19-5-3-6-20(15-19)24-16-21(8-9-22(24)17-28)27(33)30-23-11-13-29-14-12-23/h3,5-16H,2,4,17-18,28H2,1H3,(H,29,30,33)/b10-7+. The van der Waals surface area contributed by atoms with Crippen LogP contribution in [-0.4, -0.2) is 29.6 Å². The van der Waals surface area contributed by atoms with Crippen molar-refractivity contribution in [2.45, 2.75) is 26.3 Å². The third kappa shape index (κ3) is 7.62. The number of nitrogens with two attached hydrogens (primary N) is 1. The first kappa shape index (κ1) is 25.3. The van der Waals surface area contributed by atoms with E-state index in [9.17, 15) is 14.4 Å². The summed E-state index contributed by atoms with van der Waals surface area (Å²) < 4.78 is 9.70. The van der Waals surface area contributed by atoms with Crippen LogP contribution in [0.4, 0.5) is 5.69 Å².